The van der Waals surface area contributed by atoms with Gasteiger partial charge in [0.05, 0.1) is 6.20 Å². The number of carbonyl (C=O) groups excluding carboxylic acids is 1. The lowest BCUT2D eigenvalue weighted by Crippen LogP contribution is -2.15. The van der Waals surface area contributed by atoms with Gasteiger partial charge in [-0.25, -0.2) is 19.9 Å². The third kappa shape index (κ3) is 2.73. The Balaban J connectivity index is 1.84. The van der Waals surface area contributed by atoms with Gasteiger partial charge in [0.25, 0.3) is 5.91 Å². The molecule has 1 N–H and O–H groups in total. The van der Waals surface area contributed by atoms with E-state index in [1.807, 2.05) is 6.92 Å². The van der Waals surface area contributed by atoms with Crippen LogP contribution in [0.3, 0.4) is 0 Å². The van der Waals surface area contributed by atoms with Crippen molar-refractivity contribution >= 4 is 11.7 Å². The van der Waals surface area contributed by atoms with E-state index in [0.717, 1.165) is 5.82 Å². The molecule has 0 aliphatic heterocycles. The summed E-state index contributed by atoms with van der Waals surface area (Å²) in [4.78, 5) is 32.1. The first-order chi connectivity index (χ1) is 10.2. The van der Waals surface area contributed by atoms with Gasteiger partial charge in [0, 0.05) is 30.9 Å². The molecule has 0 saturated heterocycles. The molecule has 3 heterocycles. The molecule has 21 heavy (non-hydrogen) atoms. The maximum Gasteiger partial charge on any atom is 0.277 e. The predicted octanol–water partition coefficient (Wildman–Crippen LogP) is 1.01. The van der Waals surface area contributed by atoms with E-state index in [0.29, 0.717) is 11.6 Å². The largest absolute Gasteiger partial charge is 0.305 e. The number of carbonyl (C=O) groups is 1. The number of hydrogen-bond donors (Lipinski definition) is 1. The van der Waals surface area contributed by atoms with Crippen molar-refractivity contribution in [3.63, 3.8) is 0 Å². The second-order valence-corrected chi connectivity index (χ2v) is 4.15. The van der Waals surface area contributed by atoms with Crippen LogP contribution in [0.4, 0.5) is 5.82 Å². The topological polar surface area (TPSA) is 98.5 Å². The van der Waals surface area contributed by atoms with Gasteiger partial charge >= 0.3 is 0 Å². The van der Waals surface area contributed by atoms with Gasteiger partial charge in [-0.15, -0.1) is 0 Å². The Morgan fingerprint density at radius 1 is 1.14 bits per heavy atom. The lowest BCUT2D eigenvalue weighted by Gasteiger charge is -2.07. The standard InChI is InChI=1S/C13H11N7O/c1-9-15-4-5-20(9)12-6-11(17-8-18-12)19-13(21)10-7-14-2-3-16-10/h2-8H,1H3,(H,17,18,19,21). The fourth-order valence-electron chi connectivity index (χ4n) is 1.76. The Morgan fingerprint density at radius 2 is 2.05 bits per heavy atom. The molecule has 0 spiro atoms. The predicted molar refractivity (Wildman–Crippen MR) is 73.9 cm³/mol. The van der Waals surface area contributed by atoms with E-state index >= 15 is 0 Å². The molecule has 0 saturated carbocycles. The van der Waals surface area contributed by atoms with Crippen LogP contribution in [0, 0.1) is 6.92 Å². The summed E-state index contributed by atoms with van der Waals surface area (Å²) in [6, 6.07) is 1.66. The van der Waals surface area contributed by atoms with Gasteiger partial charge in [-0.2, -0.15) is 0 Å². The van der Waals surface area contributed by atoms with Crippen LogP contribution in [0.2, 0.25) is 0 Å². The second kappa shape index (κ2) is 5.45. The Morgan fingerprint density at radius 3 is 2.76 bits per heavy atom. The summed E-state index contributed by atoms with van der Waals surface area (Å²) in [6.07, 6.45) is 9.18. The monoisotopic (exact) mass is 281 g/mol. The molecular formula is C13H11N7O. The maximum atomic E-state index is 12.0. The quantitative estimate of drug-likeness (QED) is 0.769. The van der Waals surface area contributed by atoms with Gasteiger partial charge in [-0.1, -0.05) is 0 Å². The van der Waals surface area contributed by atoms with Crippen LogP contribution >= 0.6 is 0 Å². The average Bonchev–Trinajstić information content (AvgIpc) is 2.94. The van der Waals surface area contributed by atoms with E-state index in [9.17, 15) is 4.79 Å². The minimum atomic E-state index is -0.380. The Hall–Kier alpha value is -3.16. The van der Waals surface area contributed by atoms with Crippen molar-refractivity contribution < 1.29 is 4.79 Å². The minimum absolute atomic E-state index is 0.219. The Kier molecular flexibility index (Phi) is 3.34. The van der Waals surface area contributed by atoms with Gasteiger partial charge < -0.3 is 5.32 Å². The first kappa shape index (κ1) is 12.9. The summed E-state index contributed by atoms with van der Waals surface area (Å²) in [6.45, 7) is 1.86. The number of amides is 1. The summed E-state index contributed by atoms with van der Waals surface area (Å²) in [7, 11) is 0. The van der Waals surface area contributed by atoms with E-state index in [1.54, 1.807) is 23.0 Å². The summed E-state index contributed by atoms with van der Waals surface area (Å²) in [5, 5.41) is 2.65. The maximum absolute atomic E-state index is 12.0. The summed E-state index contributed by atoms with van der Waals surface area (Å²) < 4.78 is 1.79. The van der Waals surface area contributed by atoms with Crippen LogP contribution in [0.15, 0.2) is 43.4 Å². The number of hydrogen-bond acceptors (Lipinski definition) is 6. The minimum Gasteiger partial charge on any atom is -0.305 e. The highest BCUT2D eigenvalue weighted by Crippen LogP contribution is 2.11. The lowest BCUT2D eigenvalue weighted by atomic mass is 10.4. The Bertz CT molecular complexity index is 769. The molecule has 8 nitrogen and oxygen atoms in total. The molecule has 104 valence electrons. The number of rotatable bonds is 3. The van der Waals surface area contributed by atoms with Crippen LogP contribution in [-0.4, -0.2) is 35.4 Å². The number of aromatic nitrogens is 6. The molecule has 8 heteroatoms. The summed E-state index contributed by atoms with van der Waals surface area (Å²) in [5.74, 6) is 1.41. The molecule has 3 aromatic heterocycles. The molecule has 0 fully saturated rings. The highest BCUT2D eigenvalue weighted by atomic mass is 16.1. The van der Waals surface area contributed by atoms with Crippen molar-refractivity contribution in [1.82, 2.24) is 29.5 Å². The first-order valence-corrected chi connectivity index (χ1v) is 6.14. The highest BCUT2D eigenvalue weighted by molar-refractivity contribution is 6.02. The van der Waals surface area contributed by atoms with Crippen molar-refractivity contribution in [2.45, 2.75) is 6.92 Å². The third-order valence-electron chi connectivity index (χ3n) is 2.76. The van der Waals surface area contributed by atoms with Crippen LogP contribution in [0.5, 0.6) is 0 Å². The van der Waals surface area contributed by atoms with Gasteiger partial charge in [0.2, 0.25) is 0 Å². The van der Waals surface area contributed by atoms with E-state index in [2.05, 4.69) is 30.2 Å². The molecule has 3 aromatic rings. The van der Waals surface area contributed by atoms with E-state index < -0.39 is 0 Å². The van der Waals surface area contributed by atoms with Crippen molar-refractivity contribution in [1.29, 1.82) is 0 Å². The molecule has 0 aliphatic rings. The van der Waals surface area contributed by atoms with Crippen LogP contribution in [-0.2, 0) is 0 Å². The number of nitrogens with one attached hydrogen (secondary N) is 1. The fourth-order valence-corrected chi connectivity index (χ4v) is 1.76. The molecule has 0 aromatic carbocycles. The smallest absolute Gasteiger partial charge is 0.277 e. The molecule has 0 aliphatic carbocycles. The zero-order valence-corrected chi connectivity index (χ0v) is 11.1. The van der Waals surface area contributed by atoms with Crippen molar-refractivity contribution in [3.05, 3.63) is 54.9 Å². The zero-order valence-electron chi connectivity index (χ0n) is 11.1. The number of aryl methyl sites for hydroxylation is 1. The van der Waals surface area contributed by atoms with Crippen LogP contribution < -0.4 is 5.32 Å². The van der Waals surface area contributed by atoms with Crippen LogP contribution in [0.25, 0.3) is 5.82 Å². The normalized spacial score (nSPS) is 10.3. The van der Waals surface area contributed by atoms with Crippen LogP contribution in [0.1, 0.15) is 16.3 Å². The average molecular weight is 281 g/mol. The van der Waals surface area contributed by atoms with E-state index in [4.69, 9.17) is 0 Å². The zero-order chi connectivity index (χ0) is 14.7. The molecular weight excluding hydrogens is 270 g/mol. The molecule has 0 unspecified atom stereocenters. The van der Waals surface area contributed by atoms with Crippen molar-refractivity contribution in [2.75, 3.05) is 5.32 Å². The van der Waals surface area contributed by atoms with Crippen molar-refractivity contribution in [3.8, 4) is 5.82 Å². The van der Waals surface area contributed by atoms with Gasteiger partial charge in [-0.3, -0.25) is 14.3 Å². The molecule has 3 rings (SSSR count). The second-order valence-electron chi connectivity index (χ2n) is 4.15. The van der Waals surface area contributed by atoms with Gasteiger partial charge in [0.1, 0.15) is 29.5 Å². The summed E-state index contributed by atoms with van der Waals surface area (Å²) in [5.41, 5.74) is 0.219. The number of nitrogens with zero attached hydrogens (tertiary/aromatic N) is 6. The highest BCUT2D eigenvalue weighted by Gasteiger charge is 2.10. The Labute approximate surface area is 120 Å². The third-order valence-corrected chi connectivity index (χ3v) is 2.76. The first-order valence-electron chi connectivity index (χ1n) is 6.14. The molecule has 0 atom stereocenters. The lowest BCUT2D eigenvalue weighted by molar-refractivity contribution is 0.102. The van der Waals surface area contributed by atoms with Gasteiger partial charge in [-0.05, 0) is 6.92 Å². The molecule has 0 radical (unpaired) electrons. The molecule has 0 bridgehead atoms. The van der Waals surface area contributed by atoms with E-state index in [1.165, 1.54) is 24.9 Å². The number of imidazole rings is 1. The number of anilines is 1. The van der Waals surface area contributed by atoms with E-state index in [-0.39, 0.29) is 11.6 Å². The SMILES string of the molecule is Cc1nccn1-c1cc(NC(=O)c2cnccn2)ncn1. The van der Waals surface area contributed by atoms with Crippen molar-refractivity contribution in [2.24, 2.45) is 0 Å². The van der Waals surface area contributed by atoms with Gasteiger partial charge in [0.15, 0.2) is 0 Å². The molecule has 1 amide bonds. The fraction of sp³-hybridized carbons (Fsp3) is 0.0769. The summed E-state index contributed by atoms with van der Waals surface area (Å²) >= 11 is 0.